The number of nitrogens with zero attached hydrogens (tertiary/aromatic N) is 1. The maximum atomic E-state index is 13.1. The quantitative estimate of drug-likeness (QED) is 0.469. The largest absolute Gasteiger partial charge is 0.493 e. The second-order valence-electron chi connectivity index (χ2n) is 7.46. The van der Waals surface area contributed by atoms with Gasteiger partial charge in [-0.05, 0) is 61.0 Å². The van der Waals surface area contributed by atoms with Crippen LogP contribution in [0.25, 0.3) is 0 Å². The van der Waals surface area contributed by atoms with E-state index in [1.165, 1.54) is 70.8 Å². The van der Waals surface area contributed by atoms with Crippen LogP contribution in [0.1, 0.15) is 26.3 Å². The normalized spacial score (nSPS) is 10.9. The number of esters is 1. The van der Waals surface area contributed by atoms with Gasteiger partial charge < -0.3 is 19.5 Å². The maximum Gasteiger partial charge on any atom is 0.338 e. The monoisotopic (exact) mass is 498 g/mol. The molecular weight excluding hydrogens is 472 g/mol. The molecule has 0 aliphatic rings. The molecule has 0 aliphatic heterocycles. The smallest absolute Gasteiger partial charge is 0.338 e. The van der Waals surface area contributed by atoms with E-state index in [4.69, 9.17) is 14.2 Å². The van der Waals surface area contributed by atoms with Crippen LogP contribution >= 0.6 is 0 Å². The zero-order chi connectivity index (χ0) is 25.8. The van der Waals surface area contributed by atoms with Crippen molar-refractivity contribution in [2.75, 3.05) is 38.0 Å². The number of hydrogen-bond acceptors (Lipinski definition) is 7. The summed E-state index contributed by atoms with van der Waals surface area (Å²) in [5, 5.41) is 2.77. The van der Waals surface area contributed by atoms with E-state index in [1.54, 1.807) is 25.1 Å². The minimum absolute atomic E-state index is 0.0282. The predicted octanol–water partition coefficient (Wildman–Crippen LogP) is 3.88. The lowest BCUT2D eigenvalue weighted by Gasteiger charge is -2.20. The van der Waals surface area contributed by atoms with E-state index in [-0.39, 0.29) is 4.90 Å². The number of sulfonamides is 1. The number of rotatable bonds is 8. The molecule has 0 bridgehead atoms. The zero-order valence-electron chi connectivity index (χ0n) is 20.0. The van der Waals surface area contributed by atoms with Crippen molar-refractivity contribution < 1.29 is 32.2 Å². The van der Waals surface area contributed by atoms with Crippen LogP contribution in [-0.4, -0.2) is 48.7 Å². The third-order valence-electron chi connectivity index (χ3n) is 5.49. The van der Waals surface area contributed by atoms with E-state index in [1.807, 2.05) is 0 Å². The summed E-state index contributed by atoms with van der Waals surface area (Å²) in [6.45, 7) is 1.71. The van der Waals surface area contributed by atoms with Gasteiger partial charge in [0.1, 0.15) is 0 Å². The minimum Gasteiger partial charge on any atom is -0.493 e. The number of benzene rings is 3. The fraction of sp³-hybridized carbons (Fsp3) is 0.200. The second kappa shape index (κ2) is 10.5. The molecule has 0 saturated carbocycles. The Morgan fingerprint density at radius 2 is 1.54 bits per heavy atom. The number of amides is 1. The van der Waals surface area contributed by atoms with Crippen LogP contribution in [0.2, 0.25) is 0 Å². The first-order valence-electron chi connectivity index (χ1n) is 10.4. The first kappa shape index (κ1) is 25.6. The molecule has 3 rings (SSSR count). The fourth-order valence-electron chi connectivity index (χ4n) is 3.39. The zero-order valence-corrected chi connectivity index (χ0v) is 20.8. The van der Waals surface area contributed by atoms with Gasteiger partial charge in [0.05, 0.1) is 37.5 Å². The third-order valence-corrected chi connectivity index (χ3v) is 7.28. The summed E-state index contributed by atoms with van der Waals surface area (Å²) in [5.74, 6) is -0.203. The van der Waals surface area contributed by atoms with Crippen molar-refractivity contribution in [2.24, 2.45) is 0 Å². The van der Waals surface area contributed by atoms with Crippen LogP contribution < -0.4 is 19.1 Å². The summed E-state index contributed by atoms with van der Waals surface area (Å²) in [5.41, 5.74) is 2.07. The molecule has 9 nitrogen and oxygen atoms in total. The third kappa shape index (κ3) is 5.22. The number of methoxy groups -OCH3 is 3. The molecule has 1 amide bonds. The summed E-state index contributed by atoms with van der Waals surface area (Å²) in [6, 6.07) is 15.4. The maximum absolute atomic E-state index is 13.1. The Bertz CT molecular complexity index is 1350. The summed E-state index contributed by atoms with van der Waals surface area (Å²) in [7, 11) is 1.70. The van der Waals surface area contributed by atoms with Gasteiger partial charge in [-0.25, -0.2) is 13.2 Å². The van der Waals surface area contributed by atoms with Gasteiger partial charge >= 0.3 is 5.97 Å². The van der Waals surface area contributed by atoms with Crippen molar-refractivity contribution in [3.63, 3.8) is 0 Å². The molecule has 0 fully saturated rings. The first-order chi connectivity index (χ1) is 16.6. The lowest BCUT2D eigenvalue weighted by molar-refractivity contribution is 0.0599. The van der Waals surface area contributed by atoms with Crippen LogP contribution in [-0.2, 0) is 14.8 Å². The molecule has 0 aliphatic carbocycles. The number of carbonyl (C=O) groups excluding carboxylic acids is 2. The fourth-order valence-corrected chi connectivity index (χ4v) is 4.60. The van der Waals surface area contributed by atoms with Crippen LogP contribution in [0, 0.1) is 6.92 Å². The number of carbonyl (C=O) groups is 2. The molecule has 0 radical (unpaired) electrons. The molecule has 3 aromatic carbocycles. The molecule has 3 aromatic rings. The Morgan fingerprint density at radius 1 is 0.886 bits per heavy atom. The lowest BCUT2D eigenvalue weighted by atomic mass is 10.1. The van der Waals surface area contributed by atoms with Crippen molar-refractivity contribution in [1.82, 2.24) is 0 Å². The average molecular weight is 499 g/mol. The molecular formula is C25H26N2O7S. The van der Waals surface area contributed by atoms with Crippen molar-refractivity contribution in [2.45, 2.75) is 11.8 Å². The molecule has 0 unspecified atom stereocenters. The Balaban J connectivity index is 1.81. The van der Waals surface area contributed by atoms with E-state index < -0.39 is 21.9 Å². The van der Waals surface area contributed by atoms with Gasteiger partial charge in [0.15, 0.2) is 11.5 Å². The summed E-state index contributed by atoms with van der Waals surface area (Å²) >= 11 is 0. The Morgan fingerprint density at radius 3 is 2.14 bits per heavy atom. The highest BCUT2D eigenvalue weighted by molar-refractivity contribution is 7.92. The van der Waals surface area contributed by atoms with Crippen LogP contribution in [0.15, 0.2) is 65.6 Å². The van der Waals surface area contributed by atoms with E-state index in [9.17, 15) is 18.0 Å². The highest BCUT2D eigenvalue weighted by Gasteiger charge is 2.23. The SMILES string of the molecule is COC(=O)c1cccc(NC(=O)c2ccc(N(C)S(=O)(=O)c3ccc(OC)c(OC)c3)cc2)c1C. The molecule has 0 atom stereocenters. The Kier molecular flexibility index (Phi) is 7.65. The molecule has 184 valence electrons. The van der Waals surface area contributed by atoms with E-state index in [0.717, 1.165) is 4.31 Å². The van der Waals surface area contributed by atoms with Crippen LogP contribution in [0.4, 0.5) is 11.4 Å². The minimum atomic E-state index is -3.90. The molecule has 0 aromatic heterocycles. The molecule has 10 heteroatoms. The van der Waals surface area contributed by atoms with Crippen molar-refractivity contribution in [3.8, 4) is 11.5 Å². The molecule has 0 saturated heterocycles. The average Bonchev–Trinajstić information content (AvgIpc) is 2.88. The molecule has 35 heavy (non-hydrogen) atoms. The van der Waals surface area contributed by atoms with Gasteiger partial charge in [-0.2, -0.15) is 0 Å². The van der Waals surface area contributed by atoms with Crippen LogP contribution in [0.3, 0.4) is 0 Å². The van der Waals surface area contributed by atoms with E-state index in [2.05, 4.69) is 5.32 Å². The van der Waals surface area contributed by atoms with Crippen molar-refractivity contribution in [1.29, 1.82) is 0 Å². The van der Waals surface area contributed by atoms with Gasteiger partial charge in [0.25, 0.3) is 15.9 Å². The standard InChI is InChI=1S/C25H26N2O7S/c1-16-20(25(29)34-5)7-6-8-21(16)26-24(28)17-9-11-18(12-10-17)27(2)35(30,31)19-13-14-22(32-3)23(15-19)33-4/h6-15H,1-5H3,(H,26,28). The topological polar surface area (TPSA) is 111 Å². The number of anilines is 2. The molecule has 0 heterocycles. The molecule has 0 spiro atoms. The Hall–Kier alpha value is -4.05. The lowest BCUT2D eigenvalue weighted by Crippen LogP contribution is -2.26. The second-order valence-corrected chi connectivity index (χ2v) is 9.43. The highest BCUT2D eigenvalue weighted by atomic mass is 32.2. The van der Waals surface area contributed by atoms with Crippen molar-refractivity contribution in [3.05, 3.63) is 77.4 Å². The Labute approximate surface area is 204 Å². The van der Waals surface area contributed by atoms with E-state index in [0.29, 0.717) is 39.6 Å². The highest BCUT2D eigenvalue weighted by Crippen LogP contribution is 2.31. The summed E-state index contributed by atoms with van der Waals surface area (Å²) in [4.78, 5) is 24.7. The van der Waals surface area contributed by atoms with Gasteiger partial charge in [-0.15, -0.1) is 0 Å². The van der Waals surface area contributed by atoms with Crippen molar-refractivity contribution >= 4 is 33.3 Å². The summed E-state index contributed by atoms with van der Waals surface area (Å²) < 4.78 is 42.5. The molecule has 1 N–H and O–H groups in total. The van der Waals surface area contributed by atoms with Gasteiger partial charge in [0, 0.05) is 24.4 Å². The number of hydrogen-bond donors (Lipinski definition) is 1. The predicted molar refractivity (Wildman–Crippen MR) is 132 cm³/mol. The number of ether oxygens (including phenoxy) is 3. The van der Waals surface area contributed by atoms with Gasteiger partial charge in [-0.1, -0.05) is 6.07 Å². The number of nitrogens with one attached hydrogen (secondary N) is 1. The van der Waals surface area contributed by atoms with E-state index >= 15 is 0 Å². The van der Waals surface area contributed by atoms with Gasteiger partial charge in [0.2, 0.25) is 0 Å². The van der Waals surface area contributed by atoms with Crippen LogP contribution in [0.5, 0.6) is 11.5 Å². The van der Waals surface area contributed by atoms with Gasteiger partial charge in [-0.3, -0.25) is 9.10 Å². The summed E-state index contributed by atoms with van der Waals surface area (Å²) in [6.07, 6.45) is 0. The first-order valence-corrected chi connectivity index (χ1v) is 11.9.